The fourth-order valence-corrected chi connectivity index (χ4v) is 2.99. The molecule has 3 rings (SSSR count). The number of carbonyl (C=O) groups is 1. The lowest BCUT2D eigenvalue weighted by Crippen LogP contribution is -2.31. The minimum Gasteiger partial charge on any atom is -0.318 e. The van der Waals surface area contributed by atoms with Crippen LogP contribution < -0.4 is 16.4 Å². The molecule has 0 radical (unpaired) electrons. The molecular weight excluding hydrogens is 346 g/mol. The van der Waals surface area contributed by atoms with Crippen molar-refractivity contribution in [2.45, 2.75) is 27.3 Å². The normalized spacial score (nSPS) is 10.8. The number of aromatic nitrogens is 4. The molecule has 2 heterocycles. The van der Waals surface area contributed by atoms with Gasteiger partial charge >= 0.3 is 0 Å². The van der Waals surface area contributed by atoms with Gasteiger partial charge in [0.25, 0.3) is 11.1 Å². The van der Waals surface area contributed by atoms with Crippen LogP contribution in [0.5, 0.6) is 0 Å². The number of nitrogens with zero attached hydrogens (tertiary/aromatic N) is 4. The van der Waals surface area contributed by atoms with Gasteiger partial charge in [0.15, 0.2) is 0 Å². The van der Waals surface area contributed by atoms with Crippen LogP contribution in [-0.4, -0.2) is 24.8 Å². The zero-order valence-corrected chi connectivity index (χ0v) is 15.7. The maximum absolute atomic E-state index is 12.8. The lowest BCUT2D eigenvalue weighted by Gasteiger charge is -2.09. The quantitative estimate of drug-likeness (QED) is 0.752. The lowest BCUT2D eigenvalue weighted by atomic mass is 10.3. The van der Waals surface area contributed by atoms with Gasteiger partial charge in [-0.2, -0.15) is 0 Å². The summed E-state index contributed by atoms with van der Waals surface area (Å²) in [5.74, 6) is -0.0153. The number of rotatable bonds is 4. The summed E-state index contributed by atoms with van der Waals surface area (Å²) >= 11 is 0. The van der Waals surface area contributed by atoms with Crippen LogP contribution in [0.25, 0.3) is 5.69 Å². The van der Waals surface area contributed by atoms with Crippen LogP contribution in [0.4, 0.5) is 5.69 Å². The Labute approximate surface area is 155 Å². The van der Waals surface area contributed by atoms with E-state index in [1.54, 1.807) is 32.5 Å². The van der Waals surface area contributed by atoms with Crippen LogP contribution in [0.1, 0.15) is 17.2 Å². The highest BCUT2D eigenvalue weighted by Gasteiger charge is 2.18. The molecule has 2 aromatic heterocycles. The van der Waals surface area contributed by atoms with Crippen LogP contribution in [0.15, 0.2) is 46.0 Å². The van der Waals surface area contributed by atoms with Crippen molar-refractivity contribution in [2.75, 3.05) is 5.32 Å². The number of hydrogen-bond donors (Lipinski definition) is 1. The van der Waals surface area contributed by atoms with Crippen LogP contribution in [0, 0.1) is 20.8 Å². The summed E-state index contributed by atoms with van der Waals surface area (Å²) in [6.07, 6.45) is 0. The van der Waals surface area contributed by atoms with Gasteiger partial charge in [0.05, 0.1) is 11.4 Å². The molecule has 0 unspecified atom stereocenters. The van der Waals surface area contributed by atoms with Gasteiger partial charge in [-0.1, -0.05) is 18.2 Å². The Balaban J connectivity index is 1.92. The second kappa shape index (κ2) is 7.06. The zero-order valence-electron chi connectivity index (χ0n) is 15.7. The molecule has 3 aromatic rings. The number of anilines is 1. The molecule has 1 aromatic carbocycles. The first-order chi connectivity index (χ1) is 12.8. The van der Waals surface area contributed by atoms with Crippen molar-refractivity contribution in [2.24, 2.45) is 7.05 Å². The molecule has 0 atom stereocenters. The van der Waals surface area contributed by atoms with Gasteiger partial charge < -0.3 is 5.32 Å². The molecule has 0 bridgehead atoms. The molecular formula is C19H21N5O3. The molecule has 0 aliphatic heterocycles. The summed E-state index contributed by atoms with van der Waals surface area (Å²) in [5.41, 5.74) is 1.46. The van der Waals surface area contributed by atoms with Gasteiger partial charge in [-0.25, -0.2) is 9.67 Å². The van der Waals surface area contributed by atoms with Crippen molar-refractivity contribution in [3.8, 4) is 5.69 Å². The minimum absolute atomic E-state index is 0.192. The van der Waals surface area contributed by atoms with E-state index in [0.29, 0.717) is 22.9 Å². The number of aryl methyl sites for hydroxylation is 2. The number of para-hydroxylation sites is 1. The summed E-state index contributed by atoms with van der Waals surface area (Å²) in [4.78, 5) is 41.6. The maximum Gasteiger partial charge on any atom is 0.295 e. The molecule has 1 N–H and O–H groups in total. The van der Waals surface area contributed by atoms with Crippen molar-refractivity contribution in [1.82, 2.24) is 18.9 Å². The van der Waals surface area contributed by atoms with E-state index in [2.05, 4.69) is 10.3 Å². The van der Waals surface area contributed by atoms with E-state index in [4.69, 9.17) is 0 Å². The Morgan fingerprint density at radius 2 is 1.78 bits per heavy atom. The Hall–Kier alpha value is -3.42. The number of nitrogens with one attached hydrogen (secondary N) is 1. The summed E-state index contributed by atoms with van der Waals surface area (Å²) < 4.78 is 4.43. The van der Waals surface area contributed by atoms with Crippen LogP contribution in [0.3, 0.4) is 0 Å². The molecule has 1 amide bonds. The second-order valence-electron chi connectivity index (χ2n) is 6.35. The van der Waals surface area contributed by atoms with Crippen molar-refractivity contribution in [1.29, 1.82) is 0 Å². The van der Waals surface area contributed by atoms with E-state index in [1.165, 1.54) is 15.3 Å². The monoisotopic (exact) mass is 367 g/mol. The number of benzene rings is 1. The Kier molecular flexibility index (Phi) is 4.81. The number of amides is 1. The largest absolute Gasteiger partial charge is 0.318 e. The van der Waals surface area contributed by atoms with Gasteiger partial charge in [-0.3, -0.25) is 23.6 Å². The van der Waals surface area contributed by atoms with E-state index in [0.717, 1.165) is 0 Å². The highest BCUT2D eigenvalue weighted by molar-refractivity contribution is 5.91. The lowest BCUT2D eigenvalue weighted by molar-refractivity contribution is -0.116. The predicted octanol–water partition coefficient (Wildman–Crippen LogP) is 1.30. The summed E-state index contributed by atoms with van der Waals surface area (Å²) in [5, 5.41) is 2.65. The van der Waals surface area contributed by atoms with Gasteiger partial charge in [0, 0.05) is 18.8 Å². The summed E-state index contributed by atoms with van der Waals surface area (Å²) in [6, 6.07) is 10.5. The number of carbonyl (C=O) groups excluding carboxylic acids is 1. The summed E-state index contributed by atoms with van der Waals surface area (Å²) in [7, 11) is 1.75. The molecule has 140 valence electrons. The first kappa shape index (κ1) is 18.4. The maximum atomic E-state index is 12.8. The van der Waals surface area contributed by atoms with Gasteiger partial charge in [0.2, 0.25) is 5.91 Å². The average molecular weight is 367 g/mol. The third kappa shape index (κ3) is 3.46. The molecule has 27 heavy (non-hydrogen) atoms. The zero-order chi connectivity index (χ0) is 19.7. The molecule has 8 nitrogen and oxygen atoms in total. The second-order valence-corrected chi connectivity index (χ2v) is 6.35. The van der Waals surface area contributed by atoms with Crippen LogP contribution >= 0.6 is 0 Å². The third-order valence-corrected chi connectivity index (χ3v) is 4.45. The fourth-order valence-electron chi connectivity index (χ4n) is 2.99. The average Bonchev–Trinajstić information content (AvgIpc) is 2.82. The van der Waals surface area contributed by atoms with Crippen molar-refractivity contribution < 1.29 is 4.79 Å². The minimum atomic E-state index is -0.461. The summed E-state index contributed by atoms with van der Waals surface area (Å²) in [6.45, 7) is 4.92. The molecule has 0 spiro atoms. The molecule has 0 saturated heterocycles. The predicted molar refractivity (Wildman–Crippen MR) is 102 cm³/mol. The van der Waals surface area contributed by atoms with Crippen molar-refractivity contribution >= 4 is 11.6 Å². The van der Waals surface area contributed by atoms with Crippen molar-refractivity contribution in [3.63, 3.8) is 0 Å². The Morgan fingerprint density at radius 1 is 1.11 bits per heavy atom. The Bertz CT molecular complexity index is 1120. The van der Waals surface area contributed by atoms with E-state index >= 15 is 0 Å². The van der Waals surface area contributed by atoms with E-state index in [9.17, 15) is 14.4 Å². The molecule has 0 aliphatic carbocycles. The first-order valence-corrected chi connectivity index (χ1v) is 8.48. The highest BCUT2D eigenvalue weighted by atomic mass is 16.2. The molecule has 8 heteroatoms. The van der Waals surface area contributed by atoms with Crippen LogP contribution in [-0.2, 0) is 18.4 Å². The standard InChI is InChI=1S/C19H21N5O3/c1-12-10-17(26)23(14(3)20-12)11-16(25)21-18-13(2)22(4)24(19(18)27)15-8-6-5-7-9-15/h5-10H,11H2,1-4H3,(H,21,25). The van der Waals surface area contributed by atoms with E-state index < -0.39 is 5.91 Å². The SMILES string of the molecule is Cc1cc(=O)n(CC(=O)Nc2c(C)n(C)n(-c3ccccc3)c2=O)c(C)n1. The van der Waals surface area contributed by atoms with Crippen LogP contribution in [0.2, 0.25) is 0 Å². The number of hydrogen-bond acceptors (Lipinski definition) is 4. The van der Waals surface area contributed by atoms with Gasteiger partial charge in [-0.15, -0.1) is 0 Å². The fraction of sp³-hybridized carbons (Fsp3) is 0.263. The molecule has 0 aliphatic rings. The highest BCUT2D eigenvalue weighted by Crippen LogP contribution is 2.14. The van der Waals surface area contributed by atoms with E-state index in [1.807, 2.05) is 30.3 Å². The third-order valence-electron chi connectivity index (χ3n) is 4.45. The Morgan fingerprint density at radius 3 is 2.41 bits per heavy atom. The topological polar surface area (TPSA) is 90.9 Å². The van der Waals surface area contributed by atoms with Gasteiger partial charge in [-0.05, 0) is 32.9 Å². The molecule has 0 fully saturated rings. The van der Waals surface area contributed by atoms with Gasteiger partial charge in [0.1, 0.15) is 18.1 Å². The molecule has 0 saturated carbocycles. The smallest absolute Gasteiger partial charge is 0.295 e. The van der Waals surface area contributed by atoms with E-state index in [-0.39, 0.29) is 23.4 Å². The first-order valence-electron chi connectivity index (χ1n) is 8.48. The van der Waals surface area contributed by atoms with Crippen molar-refractivity contribution in [3.05, 3.63) is 74.3 Å².